The molecule has 0 aromatic heterocycles. The van der Waals surface area contributed by atoms with Crippen LogP contribution in [-0.4, -0.2) is 29.5 Å². The summed E-state index contributed by atoms with van der Waals surface area (Å²) in [7, 11) is 0. The molecule has 1 N–H and O–H groups in total. The number of carbonyl (C=O) groups excluding carboxylic acids is 1. The van der Waals surface area contributed by atoms with Crippen molar-refractivity contribution in [1.82, 2.24) is 5.32 Å². The largest absolute Gasteiger partial charge is 0.459 e. The fraction of sp³-hybridized carbons (Fsp3) is 0.923. The van der Waals surface area contributed by atoms with Crippen molar-refractivity contribution in [3.63, 3.8) is 0 Å². The van der Waals surface area contributed by atoms with Crippen LogP contribution < -0.4 is 5.32 Å². The molecule has 1 rings (SSSR count). The van der Waals surface area contributed by atoms with Crippen LogP contribution in [0.15, 0.2) is 0 Å². The van der Waals surface area contributed by atoms with Crippen LogP contribution in [0, 0.1) is 11.8 Å². The molecule has 3 nitrogen and oxygen atoms in total. The van der Waals surface area contributed by atoms with Crippen molar-refractivity contribution >= 4 is 21.9 Å². The monoisotopic (exact) mass is 305 g/mol. The molecule has 0 aliphatic carbocycles. The number of carbonyl (C=O) groups is 1. The van der Waals surface area contributed by atoms with Crippen molar-refractivity contribution in [3.8, 4) is 0 Å². The first kappa shape index (κ1) is 15.0. The van der Waals surface area contributed by atoms with E-state index in [0.717, 1.165) is 25.9 Å². The van der Waals surface area contributed by atoms with E-state index in [1.807, 2.05) is 27.7 Å². The molecule has 0 bridgehead atoms. The first-order valence-corrected chi connectivity index (χ1v) is 7.34. The van der Waals surface area contributed by atoms with Crippen LogP contribution in [0.3, 0.4) is 0 Å². The normalized spacial score (nSPS) is 20.4. The van der Waals surface area contributed by atoms with Gasteiger partial charge in [0.2, 0.25) is 0 Å². The Morgan fingerprint density at radius 3 is 2.35 bits per heavy atom. The molecule has 4 heteroatoms. The minimum atomic E-state index is -0.361. The fourth-order valence-corrected chi connectivity index (χ4v) is 2.28. The number of nitrogens with one attached hydrogen (secondary N) is 1. The van der Waals surface area contributed by atoms with E-state index in [-0.39, 0.29) is 22.3 Å². The second-order valence-electron chi connectivity index (χ2n) is 5.69. The van der Waals surface area contributed by atoms with Gasteiger partial charge in [-0.25, -0.2) is 0 Å². The van der Waals surface area contributed by atoms with E-state index >= 15 is 0 Å². The van der Waals surface area contributed by atoms with Crippen molar-refractivity contribution in [2.45, 2.75) is 51.0 Å². The summed E-state index contributed by atoms with van der Waals surface area (Å²) in [5.74, 6) is 0.578. The highest BCUT2D eigenvalue weighted by atomic mass is 79.9. The van der Waals surface area contributed by atoms with E-state index < -0.39 is 0 Å². The molecule has 0 radical (unpaired) electrons. The topological polar surface area (TPSA) is 38.3 Å². The third kappa shape index (κ3) is 4.25. The van der Waals surface area contributed by atoms with Crippen molar-refractivity contribution in [3.05, 3.63) is 0 Å². The van der Waals surface area contributed by atoms with Gasteiger partial charge >= 0.3 is 5.97 Å². The molecule has 0 saturated carbocycles. The van der Waals surface area contributed by atoms with E-state index in [1.165, 1.54) is 0 Å². The van der Waals surface area contributed by atoms with Crippen LogP contribution in [0.5, 0.6) is 0 Å². The highest BCUT2D eigenvalue weighted by molar-refractivity contribution is 9.10. The lowest BCUT2D eigenvalue weighted by atomic mass is 9.83. The number of esters is 1. The van der Waals surface area contributed by atoms with Crippen molar-refractivity contribution in [2.75, 3.05) is 13.1 Å². The zero-order chi connectivity index (χ0) is 13.1. The third-order valence-corrected chi connectivity index (χ3v) is 4.93. The third-order valence-electron chi connectivity index (χ3n) is 3.50. The minimum Gasteiger partial charge on any atom is -0.459 e. The van der Waals surface area contributed by atoms with Gasteiger partial charge in [-0.05, 0) is 45.7 Å². The summed E-state index contributed by atoms with van der Waals surface area (Å²) >= 11 is 3.40. The zero-order valence-electron chi connectivity index (χ0n) is 11.3. The molecule has 100 valence electrons. The van der Waals surface area contributed by atoms with E-state index in [9.17, 15) is 4.79 Å². The maximum absolute atomic E-state index is 12.0. The molecule has 1 saturated heterocycles. The summed E-state index contributed by atoms with van der Waals surface area (Å²) in [4.78, 5) is 11.8. The van der Waals surface area contributed by atoms with Crippen LogP contribution in [0.1, 0.15) is 40.5 Å². The van der Waals surface area contributed by atoms with Gasteiger partial charge in [0.05, 0.1) is 0 Å². The Morgan fingerprint density at radius 1 is 1.35 bits per heavy atom. The van der Waals surface area contributed by atoms with Crippen molar-refractivity contribution in [1.29, 1.82) is 0 Å². The van der Waals surface area contributed by atoms with Crippen LogP contribution in [-0.2, 0) is 9.53 Å². The van der Waals surface area contributed by atoms with Crippen LogP contribution in [0.25, 0.3) is 0 Å². The average Bonchev–Trinajstić information content (AvgIpc) is 2.28. The van der Waals surface area contributed by atoms with Crippen molar-refractivity contribution in [2.24, 2.45) is 11.8 Å². The Kier molecular flexibility index (Phi) is 5.45. The van der Waals surface area contributed by atoms with Gasteiger partial charge in [-0.3, -0.25) is 4.79 Å². The minimum absolute atomic E-state index is 0.136. The predicted molar refractivity (Wildman–Crippen MR) is 73.3 cm³/mol. The van der Waals surface area contributed by atoms with Crippen LogP contribution in [0.2, 0.25) is 0 Å². The SMILES string of the molecule is CC(C)C(Br)C(=O)OC(C)(C)C1CCNCC1. The molecule has 0 aromatic rings. The Labute approximate surface area is 113 Å². The van der Waals surface area contributed by atoms with Gasteiger partial charge in [-0.1, -0.05) is 29.8 Å². The van der Waals surface area contributed by atoms with E-state index in [2.05, 4.69) is 21.2 Å². The van der Waals surface area contributed by atoms with Gasteiger partial charge in [-0.2, -0.15) is 0 Å². The van der Waals surface area contributed by atoms with Gasteiger partial charge in [-0.15, -0.1) is 0 Å². The molecule has 1 aliphatic rings. The smallest absolute Gasteiger partial charge is 0.320 e. The highest BCUT2D eigenvalue weighted by Crippen LogP contribution is 2.30. The Hall–Kier alpha value is -0.0900. The molecule has 0 aromatic carbocycles. The molecule has 1 heterocycles. The van der Waals surface area contributed by atoms with Gasteiger partial charge in [0.15, 0.2) is 0 Å². The number of rotatable bonds is 4. The molecule has 1 fully saturated rings. The summed E-state index contributed by atoms with van der Waals surface area (Å²) in [6.45, 7) is 10.1. The number of hydrogen-bond donors (Lipinski definition) is 1. The molecule has 1 aliphatic heterocycles. The lowest BCUT2D eigenvalue weighted by molar-refractivity contribution is -0.162. The maximum atomic E-state index is 12.0. The number of piperidine rings is 1. The summed E-state index contributed by atoms with van der Waals surface area (Å²) in [5, 5.41) is 3.33. The molecule has 0 amide bonds. The number of halogens is 1. The van der Waals surface area contributed by atoms with Gasteiger partial charge < -0.3 is 10.1 Å². The van der Waals surface area contributed by atoms with E-state index in [4.69, 9.17) is 4.74 Å². The van der Waals surface area contributed by atoms with Gasteiger partial charge in [0, 0.05) is 5.92 Å². The lowest BCUT2D eigenvalue weighted by Gasteiger charge is -2.37. The van der Waals surface area contributed by atoms with Crippen LogP contribution in [0.4, 0.5) is 0 Å². The average molecular weight is 306 g/mol. The molecule has 17 heavy (non-hydrogen) atoms. The number of hydrogen-bond acceptors (Lipinski definition) is 3. The summed E-state index contributed by atoms with van der Waals surface area (Å²) in [5.41, 5.74) is -0.361. The zero-order valence-corrected chi connectivity index (χ0v) is 12.8. The second-order valence-corrected chi connectivity index (χ2v) is 6.68. The summed E-state index contributed by atoms with van der Waals surface area (Å²) in [6, 6.07) is 0. The molecular formula is C13H24BrNO2. The highest BCUT2D eigenvalue weighted by Gasteiger charge is 2.36. The summed E-state index contributed by atoms with van der Waals surface area (Å²) in [6.07, 6.45) is 2.16. The Balaban J connectivity index is 2.55. The Morgan fingerprint density at radius 2 is 1.88 bits per heavy atom. The van der Waals surface area contributed by atoms with Gasteiger partial charge in [0.1, 0.15) is 10.4 Å². The van der Waals surface area contributed by atoms with Crippen LogP contribution >= 0.6 is 15.9 Å². The first-order chi connectivity index (χ1) is 7.84. The lowest BCUT2D eigenvalue weighted by Crippen LogP contribution is -2.44. The number of ether oxygens (including phenoxy) is 1. The fourth-order valence-electron chi connectivity index (χ4n) is 2.19. The quantitative estimate of drug-likeness (QED) is 0.641. The molecule has 1 atom stereocenters. The standard InChI is InChI=1S/C13H24BrNO2/c1-9(2)11(14)12(16)17-13(3,4)10-5-7-15-8-6-10/h9-11,15H,5-8H2,1-4H3. The van der Waals surface area contributed by atoms with Gasteiger partial charge in [0.25, 0.3) is 0 Å². The Bertz CT molecular complexity index is 260. The number of alkyl halides is 1. The van der Waals surface area contributed by atoms with E-state index in [1.54, 1.807) is 0 Å². The second kappa shape index (κ2) is 6.19. The predicted octanol–water partition coefficient (Wildman–Crippen LogP) is 2.73. The van der Waals surface area contributed by atoms with E-state index in [0.29, 0.717) is 5.92 Å². The molecular weight excluding hydrogens is 282 g/mol. The molecule has 0 spiro atoms. The first-order valence-electron chi connectivity index (χ1n) is 6.42. The summed E-state index contributed by atoms with van der Waals surface area (Å²) < 4.78 is 5.69. The molecule has 1 unspecified atom stereocenters. The van der Waals surface area contributed by atoms with Crippen molar-refractivity contribution < 1.29 is 9.53 Å². The maximum Gasteiger partial charge on any atom is 0.320 e.